The topological polar surface area (TPSA) is 59.4 Å². The normalized spacial score (nSPS) is 11.2. The van der Waals surface area contributed by atoms with Crippen molar-refractivity contribution in [3.63, 3.8) is 0 Å². The third kappa shape index (κ3) is 2.96. The molecule has 0 aliphatic carbocycles. The lowest BCUT2D eigenvalue weighted by atomic mass is 10.0. The standard InChI is InChI=1S/C14H10F3NO3/c1-21-11-4-2-3-9(14(15,16)17)12(11)10-7-8(13(19)20)5-6-18-10/h2-7H,1H3,(H,19,20). The first kappa shape index (κ1) is 14.8. The predicted molar refractivity (Wildman–Crippen MR) is 68.2 cm³/mol. The van der Waals surface area contributed by atoms with Gasteiger partial charge in [0.1, 0.15) is 5.75 Å². The minimum absolute atomic E-state index is 0.0279. The van der Waals surface area contributed by atoms with Crippen molar-refractivity contribution >= 4 is 5.97 Å². The van der Waals surface area contributed by atoms with Crippen LogP contribution in [0.3, 0.4) is 0 Å². The number of aromatic carboxylic acids is 1. The van der Waals surface area contributed by atoms with Crippen LogP contribution < -0.4 is 4.74 Å². The van der Waals surface area contributed by atoms with Crippen molar-refractivity contribution in [2.75, 3.05) is 7.11 Å². The van der Waals surface area contributed by atoms with Crippen molar-refractivity contribution in [3.05, 3.63) is 47.7 Å². The molecule has 0 atom stereocenters. The summed E-state index contributed by atoms with van der Waals surface area (Å²) in [6.07, 6.45) is -3.46. The molecule has 0 saturated carbocycles. The highest BCUT2D eigenvalue weighted by Gasteiger charge is 2.35. The number of carbonyl (C=O) groups is 1. The number of alkyl halides is 3. The van der Waals surface area contributed by atoms with E-state index in [1.165, 1.54) is 25.3 Å². The summed E-state index contributed by atoms with van der Waals surface area (Å²) in [5.41, 5.74) is -1.48. The Balaban J connectivity index is 2.72. The molecule has 1 heterocycles. The minimum Gasteiger partial charge on any atom is -0.496 e. The monoisotopic (exact) mass is 297 g/mol. The van der Waals surface area contributed by atoms with Crippen LogP contribution in [0.1, 0.15) is 15.9 Å². The van der Waals surface area contributed by atoms with E-state index in [1.807, 2.05) is 0 Å². The zero-order chi connectivity index (χ0) is 15.6. The van der Waals surface area contributed by atoms with Gasteiger partial charge < -0.3 is 9.84 Å². The first-order valence-electron chi connectivity index (χ1n) is 5.78. The van der Waals surface area contributed by atoms with E-state index in [4.69, 9.17) is 9.84 Å². The highest BCUT2D eigenvalue weighted by atomic mass is 19.4. The Morgan fingerprint density at radius 2 is 2.00 bits per heavy atom. The third-order valence-electron chi connectivity index (χ3n) is 2.81. The Labute approximate surface area is 117 Å². The second kappa shape index (κ2) is 5.43. The van der Waals surface area contributed by atoms with Crippen molar-refractivity contribution in [1.82, 2.24) is 4.98 Å². The zero-order valence-corrected chi connectivity index (χ0v) is 10.8. The van der Waals surface area contributed by atoms with Gasteiger partial charge in [0.25, 0.3) is 0 Å². The van der Waals surface area contributed by atoms with E-state index in [-0.39, 0.29) is 22.6 Å². The van der Waals surface area contributed by atoms with Crippen LogP contribution in [-0.2, 0) is 6.18 Å². The van der Waals surface area contributed by atoms with Gasteiger partial charge in [-0.2, -0.15) is 13.2 Å². The lowest BCUT2D eigenvalue weighted by molar-refractivity contribution is -0.137. The van der Waals surface area contributed by atoms with Gasteiger partial charge in [0.05, 0.1) is 29.5 Å². The van der Waals surface area contributed by atoms with E-state index in [0.717, 1.165) is 18.3 Å². The van der Waals surface area contributed by atoms with Crippen molar-refractivity contribution in [3.8, 4) is 17.0 Å². The van der Waals surface area contributed by atoms with Crippen molar-refractivity contribution in [1.29, 1.82) is 0 Å². The van der Waals surface area contributed by atoms with Crippen LogP contribution in [0.25, 0.3) is 11.3 Å². The second-order valence-corrected chi connectivity index (χ2v) is 4.12. The van der Waals surface area contributed by atoms with Gasteiger partial charge in [0, 0.05) is 6.20 Å². The highest BCUT2D eigenvalue weighted by Crippen LogP contribution is 2.41. The molecule has 4 nitrogen and oxygen atoms in total. The number of pyridine rings is 1. The van der Waals surface area contributed by atoms with Crippen molar-refractivity contribution in [2.45, 2.75) is 6.18 Å². The van der Waals surface area contributed by atoms with Crippen LogP contribution in [0.4, 0.5) is 13.2 Å². The van der Waals surface area contributed by atoms with Gasteiger partial charge in [-0.25, -0.2) is 4.79 Å². The molecule has 0 aliphatic heterocycles. The number of halogens is 3. The molecule has 0 fully saturated rings. The maximum atomic E-state index is 13.1. The number of carboxylic acids is 1. The van der Waals surface area contributed by atoms with Crippen molar-refractivity contribution in [2.24, 2.45) is 0 Å². The fourth-order valence-electron chi connectivity index (χ4n) is 1.90. The maximum Gasteiger partial charge on any atom is 0.417 e. The molecule has 7 heteroatoms. The van der Waals surface area contributed by atoms with E-state index >= 15 is 0 Å². The molecule has 0 aliphatic rings. The Kier molecular flexibility index (Phi) is 3.84. The number of ether oxygens (including phenoxy) is 1. The Morgan fingerprint density at radius 3 is 2.57 bits per heavy atom. The van der Waals surface area contributed by atoms with Gasteiger partial charge in [-0.1, -0.05) is 6.07 Å². The smallest absolute Gasteiger partial charge is 0.417 e. The molecule has 0 unspecified atom stereocenters. The average molecular weight is 297 g/mol. The fraction of sp³-hybridized carbons (Fsp3) is 0.143. The Bertz CT molecular complexity index is 683. The van der Waals surface area contributed by atoms with Crippen LogP contribution in [-0.4, -0.2) is 23.2 Å². The molecule has 0 spiro atoms. The van der Waals surface area contributed by atoms with Gasteiger partial charge in [0.15, 0.2) is 0 Å². The fourth-order valence-corrected chi connectivity index (χ4v) is 1.90. The molecule has 1 aromatic carbocycles. The number of carboxylic acid groups (broad SMARTS) is 1. The van der Waals surface area contributed by atoms with Gasteiger partial charge in [-0.15, -0.1) is 0 Å². The number of hydrogen-bond donors (Lipinski definition) is 1. The van der Waals surface area contributed by atoms with E-state index in [1.54, 1.807) is 0 Å². The lowest BCUT2D eigenvalue weighted by Gasteiger charge is -2.15. The SMILES string of the molecule is COc1cccc(C(F)(F)F)c1-c1cc(C(=O)O)ccn1. The second-order valence-electron chi connectivity index (χ2n) is 4.12. The van der Waals surface area contributed by atoms with Gasteiger partial charge in [0.2, 0.25) is 0 Å². The average Bonchev–Trinajstić information content (AvgIpc) is 2.45. The number of benzene rings is 1. The summed E-state index contributed by atoms with van der Waals surface area (Å²) in [6.45, 7) is 0. The number of aromatic nitrogens is 1. The molecule has 110 valence electrons. The molecule has 0 bridgehead atoms. The summed E-state index contributed by atoms with van der Waals surface area (Å²) in [5.74, 6) is -1.28. The van der Waals surface area contributed by atoms with Gasteiger partial charge >= 0.3 is 12.1 Å². The molecule has 2 rings (SSSR count). The molecule has 21 heavy (non-hydrogen) atoms. The molecule has 0 amide bonds. The first-order chi connectivity index (χ1) is 9.84. The summed E-state index contributed by atoms with van der Waals surface area (Å²) < 4.78 is 44.3. The molecular weight excluding hydrogens is 287 g/mol. The summed E-state index contributed by atoms with van der Waals surface area (Å²) in [4.78, 5) is 14.8. The van der Waals surface area contributed by atoms with E-state index in [2.05, 4.69) is 4.98 Å². The van der Waals surface area contributed by atoms with Crippen LogP contribution in [0.2, 0.25) is 0 Å². The largest absolute Gasteiger partial charge is 0.496 e. The Morgan fingerprint density at radius 1 is 1.29 bits per heavy atom. The van der Waals surface area contributed by atoms with Gasteiger partial charge in [-0.3, -0.25) is 4.98 Å². The van der Waals surface area contributed by atoms with E-state index < -0.39 is 17.7 Å². The lowest BCUT2D eigenvalue weighted by Crippen LogP contribution is -2.09. The van der Waals surface area contributed by atoms with Crippen LogP contribution in [0.15, 0.2) is 36.5 Å². The minimum atomic E-state index is -4.61. The summed E-state index contributed by atoms with van der Waals surface area (Å²) in [7, 11) is 1.24. The predicted octanol–water partition coefficient (Wildman–Crippen LogP) is 3.47. The maximum absolute atomic E-state index is 13.1. The highest BCUT2D eigenvalue weighted by molar-refractivity contribution is 5.89. The van der Waals surface area contributed by atoms with Crippen molar-refractivity contribution < 1.29 is 27.8 Å². The first-order valence-corrected chi connectivity index (χ1v) is 5.78. The molecule has 1 N–H and O–H groups in total. The summed E-state index contributed by atoms with van der Waals surface area (Å²) in [5, 5.41) is 8.93. The van der Waals surface area contributed by atoms with E-state index in [0.29, 0.717) is 0 Å². The summed E-state index contributed by atoms with van der Waals surface area (Å²) in [6, 6.07) is 5.75. The number of methoxy groups -OCH3 is 1. The quantitative estimate of drug-likeness (QED) is 0.942. The molecular formula is C14H10F3NO3. The van der Waals surface area contributed by atoms with Crippen LogP contribution in [0, 0.1) is 0 Å². The van der Waals surface area contributed by atoms with Gasteiger partial charge in [-0.05, 0) is 24.3 Å². The number of nitrogens with zero attached hydrogens (tertiary/aromatic N) is 1. The molecule has 2 aromatic rings. The number of hydrogen-bond acceptors (Lipinski definition) is 3. The number of rotatable bonds is 3. The molecule has 1 aromatic heterocycles. The van der Waals surface area contributed by atoms with E-state index in [9.17, 15) is 18.0 Å². The molecule has 0 saturated heterocycles. The third-order valence-corrected chi connectivity index (χ3v) is 2.81. The van der Waals surface area contributed by atoms with Crippen LogP contribution in [0.5, 0.6) is 5.75 Å². The molecule has 0 radical (unpaired) electrons. The Hall–Kier alpha value is -2.57. The van der Waals surface area contributed by atoms with Crippen LogP contribution >= 0.6 is 0 Å². The summed E-state index contributed by atoms with van der Waals surface area (Å²) >= 11 is 0. The zero-order valence-electron chi connectivity index (χ0n) is 10.8.